The van der Waals surface area contributed by atoms with E-state index in [0.29, 0.717) is 10.2 Å². The molecule has 0 aliphatic rings. The molecular weight excluding hydrogens is 542 g/mol. The molecule has 0 radical (unpaired) electrons. The third-order valence-corrected chi connectivity index (χ3v) is 8.43. The molecule has 0 unspecified atom stereocenters. The largest absolute Gasteiger partial charge is 0.478 e. The number of aromatic carboxylic acids is 1. The fraction of sp³-hybridized carbons (Fsp3) is 0.217. The zero-order valence-electron chi connectivity index (χ0n) is 18.8. The summed E-state index contributed by atoms with van der Waals surface area (Å²) in [4.78, 5) is 26.6. The fourth-order valence-corrected chi connectivity index (χ4v) is 6.40. The number of carboxylic acids is 1. The van der Waals surface area contributed by atoms with Gasteiger partial charge in [-0.05, 0) is 68.8 Å². The summed E-state index contributed by atoms with van der Waals surface area (Å²) < 4.78 is 29.1. The molecule has 11 heteroatoms. The number of sulfonamides is 1. The van der Waals surface area contributed by atoms with Crippen LogP contribution in [0, 0.1) is 6.92 Å². The fourth-order valence-electron chi connectivity index (χ4n) is 3.41. The highest BCUT2D eigenvalue weighted by Gasteiger charge is 2.25. The van der Waals surface area contributed by atoms with Crippen molar-refractivity contribution in [1.82, 2.24) is 0 Å². The van der Waals surface area contributed by atoms with E-state index in [1.165, 1.54) is 17.5 Å². The van der Waals surface area contributed by atoms with E-state index in [2.05, 4.69) is 30.9 Å². The molecule has 0 atom stereocenters. The van der Waals surface area contributed by atoms with Crippen LogP contribution < -0.4 is 14.9 Å². The van der Waals surface area contributed by atoms with Gasteiger partial charge in [-0.1, -0.05) is 15.9 Å². The Bertz CT molecular complexity index is 1320. The van der Waals surface area contributed by atoms with Crippen LogP contribution >= 0.6 is 27.3 Å². The van der Waals surface area contributed by atoms with Crippen molar-refractivity contribution < 1.29 is 23.1 Å². The lowest BCUT2D eigenvalue weighted by Gasteiger charge is -2.21. The maximum Gasteiger partial charge on any atom is 0.337 e. The van der Waals surface area contributed by atoms with Crippen molar-refractivity contribution in [1.29, 1.82) is 0 Å². The minimum atomic E-state index is -3.93. The Morgan fingerprint density at radius 1 is 1.09 bits per heavy atom. The molecule has 180 valence electrons. The first kappa shape index (κ1) is 25.7. The second-order valence-corrected chi connectivity index (χ2v) is 10.8. The van der Waals surface area contributed by atoms with Gasteiger partial charge in [0.15, 0.2) is 0 Å². The average Bonchev–Trinajstić information content (AvgIpc) is 3.19. The summed E-state index contributed by atoms with van der Waals surface area (Å²) in [7, 11) is -3.93. The standard InChI is InChI=1S/C23H24BrN3O5S2/c1-4-27(5-2)17-9-7-16(8-10-17)26-34(31,32)20-13-33-21(14(20)3)22(28)25-19-11-6-15(24)12-18(19)23(29)30/h6-13,26H,4-5H2,1-3H3,(H,25,28)(H,29,30). The van der Waals surface area contributed by atoms with E-state index in [-0.39, 0.29) is 26.6 Å². The van der Waals surface area contributed by atoms with Gasteiger partial charge in [0.2, 0.25) is 0 Å². The predicted octanol–water partition coefficient (Wildman–Crippen LogP) is 5.42. The van der Waals surface area contributed by atoms with Crippen molar-refractivity contribution in [2.45, 2.75) is 25.7 Å². The van der Waals surface area contributed by atoms with Crippen molar-refractivity contribution in [2.24, 2.45) is 0 Å². The number of halogens is 1. The SMILES string of the molecule is CCN(CC)c1ccc(NS(=O)(=O)c2csc(C(=O)Nc3ccc(Br)cc3C(=O)O)c2C)cc1. The Kier molecular flexibility index (Phi) is 8.01. The topological polar surface area (TPSA) is 116 Å². The lowest BCUT2D eigenvalue weighted by atomic mass is 10.1. The van der Waals surface area contributed by atoms with Crippen LogP contribution in [0.15, 0.2) is 57.2 Å². The second-order valence-electron chi connectivity index (χ2n) is 7.33. The minimum absolute atomic E-state index is 0.00951. The molecule has 0 bridgehead atoms. The highest BCUT2D eigenvalue weighted by molar-refractivity contribution is 9.10. The first-order chi connectivity index (χ1) is 16.1. The second kappa shape index (κ2) is 10.6. The van der Waals surface area contributed by atoms with Gasteiger partial charge in [0.05, 0.1) is 16.1 Å². The molecule has 0 spiro atoms. The normalized spacial score (nSPS) is 11.2. The summed E-state index contributed by atoms with van der Waals surface area (Å²) in [6.07, 6.45) is 0. The van der Waals surface area contributed by atoms with Crippen molar-refractivity contribution in [2.75, 3.05) is 28.0 Å². The first-order valence-electron chi connectivity index (χ1n) is 10.4. The number of amides is 1. The number of carbonyl (C=O) groups is 2. The Labute approximate surface area is 210 Å². The summed E-state index contributed by atoms with van der Waals surface area (Å²) in [5, 5.41) is 13.4. The molecular formula is C23H24BrN3O5S2. The maximum absolute atomic E-state index is 13.0. The Morgan fingerprint density at radius 3 is 2.32 bits per heavy atom. The molecule has 3 rings (SSSR count). The van der Waals surface area contributed by atoms with E-state index in [4.69, 9.17) is 0 Å². The third-order valence-electron chi connectivity index (χ3n) is 5.20. The van der Waals surface area contributed by atoms with Crippen LogP contribution in [0.2, 0.25) is 0 Å². The predicted molar refractivity (Wildman–Crippen MR) is 139 cm³/mol. The van der Waals surface area contributed by atoms with Gasteiger partial charge in [0, 0.05) is 34.3 Å². The van der Waals surface area contributed by atoms with Gasteiger partial charge in [-0.25, -0.2) is 13.2 Å². The molecule has 3 aromatic rings. The van der Waals surface area contributed by atoms with E-state index < -0.39 is 21.9 Å². The van der Waals surface area contributed by atoms with Gasteiger partial charge >= 0.3 is 5.97 Å². The average molecular weight is 566 g/mol. The van der Waals surface area contributed by atoms with Crippen molar-refractivity contribution in [3.05, 3.63) is 68.3 Å². The molecule has 0 aliphatic carbocycles. The van der Waals surface area contributed by atoms with Gasteiger partial charge < -0.3 is 15.3 Å². The van der Waals surface area contributed by atoms with E-state index in [1.807, 2.05) is 26.0 Å². The molecule has 2 aromatic carbocycles. The van der Waals surface area contributed by atoms with Crippen molar-refractivity contribution in [3.63, 3.8) is 0 Å². The number of nitrogens with one attached hydrogen (secondary N) is 2. The number of benzene rings is 2. The number of thiophene rings is 1. The molecule has 0 fully saturated rings. The molecule has 1 aromatic heterocycles. The minimum Gasteiger partial charge on any atom is -0.478 e. The lowest BCUT2D eigenvalue weighted by Crippen LogP contribution is -2.21. The van der Waals surface area contributed by atoms with Crippen LogP contribution in [-0.4, -0.2) is 38.5 Å². The number of carbonyl (C=O) groups excluding carboxylic acids is 1. The monoisotopic (exact) mass is 565 g/mol. The number of nitrogens with zero attached hydrogens (tertiary/aromatic N) is 1. The zero-order valence-corrected chi connectivity index (χ0v) is 22.0. The molecule has 1 amide bonds. The van der Waals surface area contributed by atoms with Gasteiger partial charge in [-0.15, -0.1) is 11.3 Å². The summed E-state index contributed by atoms with van der Waals surface area (Å²) in [5.74, 6) is -1.78. The molecule has 0 saturated heterocycles. The van der Waals surface area contributed by atoms with E-state index in [1.54, 1.807) is 25.1 Å². The van der Waals surface area contributed by atoms with Crippen LogP contribution in [0.1, 0.15) is 39.4 Å². The molecule has 8 nitrogen and oxygen atoms in total. The Hall–Kier alpha value is -2.89. The van der Waals surface area contributed by atoms with E-state index in [0.717, 1.165) is 30.1 Å². The van der Waals surface area contributed by atoms with E-state index >= 15 is 0 Å². The van der Waals surface area contributed by atoms with Gasteiger partial charge in [0.25, 0.3) is 15.9 Å². The summed E-state index contributed by atoms with van der Waals surface area (Å²) >= 11 is 4.18. The van der Waals surface area contributed by atoms with Gasteiger partial charge in [0.1, 0.15) is 4.90 Å². The molecule has 0 saturated carbocycles. The van der Waals surface area contributed by atoms with Crippen LogP contribution in [0.4, 0.5) is 17.1 Å². The molecule has 3 N–H and O–H groups in total. The van der Waals surface area contributed by atoms with Crippen LogP contribution in [-0.2, 0) is 10.0 Å². The Morgan fingerprint density at radius 2 is 1.74 bits per heavy atom. The van der Waals surface area contributed by atoms with Crippen molar-refractivity contribution in [3.8, 4) is 0 Å². The number of carboxylic acid groups (broad SMARTS) is 1. The van der Waals surface area contributed by atoms with Crippen LogP contribution in [0.5, 0.6) is 0 Å². The first-order valence-corrected chi connectivity index (χ1v) is 13.5. The van der Waals surface area contributed by atoms with Gasteiger partial charge in [-0.2, -0.15) is 0 Å². The van der Waals surface area contributed by atoms with E-state index in [9.17, 15) is 23.1 Å². The third kappa shape index (κ3) is 5.60. The molecule has 0 aliphatic heterocycles. The zero-order chi connectivity index (χ0) is 25.0. The Balaban J connectivity index is 1.81. The number of rotatable bonds is 9. The number of hydrogen-bond acceptors (Lipinski definition) is 6. The van der Waals surface area contributed by atoms with Gasteiger partial charge in [-0.3, -0.25) is 9.52 Å². The highest BCUT2D eigenvalue weighted by Crippen LogP contribution is 2.30. The summed E-state index contributed by atoms with van der Waals surface area (Å²) in [6, 6.07) is 11.5. The highest BCUT2D eigenvalue weighted by atomic mass is 79.9. The molecule has 1 heterocycles. The lowest BCUT2D eigenvalue weighted by molar-refractivity contribution is 0.0698. The van der Waals surface area contributed by atoms with Crippen molar-refractivity contribution >= 4 is 66.2 Å². The number of anilines is 3. The smallest absolute Gasteiger partial charge is 0.337 e. The van der Waals surface area contributed by atoms with Crippen LogP contribution in [0.25, 0.3) is 0 Å². The van der Waals surface area contributed by atoms with Crippen LogP contribution in [0.3, 0.4) is 0 Å². The quantitative estimate of drug-likeness (QED) is 0.319. The number of hydrogen-bond donors (Lipinski definition) is 3. The summed E-state index contributed by atoms with van der Waals surface area (Å²) in [5.41, 5.74) is 1.72. The molecule has 34 heavy (non-hydrogen) atoms. The maximum atomic E-state index is 13.0. The summed E-state index contributed by atoms with van der Waals surface area (Å²) in [6.45, 7) is 7.32.